The van der Waals surface area contributed by atoms with Crippen molar-refractivity contribution in [3.05, 3.63) is 0 Å². The molecule has 0 aromatic carbocycles. The van der Waals surface area contributed by atoms with Crippen molar-refractivity contribution in [1.82, 2.24) is 4.90 Å². The summed E-state index contributed by atoms with van der Waals surface area (Å²) in [6.45, 7) is 4.07. The van der Waals surface area contributed by atoms with Crippen LogP contribution in [0.5, 0.6) is 0 Å². The van der Waals surface area contributed by atoms with Crippen molar-refractivity contribution in [2.24, 2.45) is 0 Å². The van der Waals surface area contributed by atoms with Gasteiger partial charge in [-0.2, -0.15) is 0 Å². The van der Waals surface area contributed by atoms with E-state index in [0.717, 1.165) is 12.8 Å². The van der Waals surface area contributed by atoms with Gasteiger partial charge in [0.2, 0.25) is 0 Å². The molecule has 3 heteroatoms. The number of rotatable bonds is 1. The van der Waals surface area contributed by atoms with Gasteiger partial charge in [0.15, 0.2) is 0 Å². The summed E-state index contributed by atoms with van der Waals surface area (Å²) in [6, 6.07) is 0.696. The van der Waals surface area contributed by atoms with Gasteiger partial charge in [-0.25, -0.2) is 4.79 Å². The van der Waals surface area contributed by atoms with E-state index in [4.69, 9.17) is 4.74 Å². The Morgan fingerprint density at radius 3 is 2.36 bits per heavy atom. The van der Waals surface area contributed by atoms with Gasteiger partial charge in [-0.3, -0.25) is 4.90 Å². The van der Waals surface area contributed by atoms with Crippen molar-refractivity contribution in [2.75, 3.05) is 0 Å². The lowest BCUT2D eigenvalue weighted by Crippen LogP contribution is -2.42. The molecule has 0 spiro atoms. The predicted octanol–water partition coefficient (Wildman–Crippen LogP) is 2.55. The van der Waals surface area contributed by atoms with Gasteiger partial charge in [0.25, 0.3) is 0 Å². The molecule has 0 N–H and O–H groups in total. The van der Waals surface area contributed by atoms with Crippen molar-refractivity contribution in [2.45, 2.75) is 64.1 Å². The van der Waals surface area contributed by atoms with Crippen molar-refractivity contribution in [3.8, 4) is 0 Å². The Bertz CT molecular complexity index is 223. The van der Waals surface area contributed by atoms with Crippen LogP contribution in [0.4, 0.5) is 4.79 Å². The Labute approximate surface area is 85.4 Å². The molecule has 0 aromatic heterocycles. The number of hydrogen-bond acceptors (Lipinski definition) is 2. The van der Waals surface area contributed by atoms with Crippen LogP contribution >= 0.6 is 0 Å². The van der Waals surface area contributed by atoms with Gasteiger partial charge >= 0.3 is 6.09 Å². The Morgan fingerprint density at radius 2 is 1.86 bits per heavy atom. The van der Waals surface area contributed by atoms with Crippen LogP contribution in [-0.2, 0) is 4.74 Å². The van der Waals surface area contributed by atoms with Crippen molar-refractivity contribution in [1.29, 1.82) is 0 Å². The van der Waals surface area contributed by atoms with Gasteiger partial charge in [-0.1, -0.05) is 19.3 Å². The number of carbonyl (C=O) groups is 1. The summed E-state index contributed by atoms with van der Waals surface area (Å²) >= 11 is 0. The highest BCUT2D eigenvalue weighted by molar-refractivity contribution is 5.71. The van der Waals surface area contributed by atoms with Crippen LogP contribution in [-0.4, -0.2) is 29.2 Å². The average Bonchev–Trinajstić information content (AvgIpc) is 2.43. The van der Waals surface area contributed by atoms with Crippen molar-refractivity contribution < 1.29 is 9.53 Å². The third-order valence-electron chi connectivity index (χ3n) is 3.58. The fraction of sp³-hybridized carbons (Fsp3) is 0.909. The summed E-state index contributed by atoms with van der Waals surface area (Å²) in [6.07, 6.45) is 6.12. The van der Waals surface area contributed by atoms with Crippen molar-refractivity contribution >= 4 is 6.09 Å². The first-order valence-electron chi connectivity index (χ1n) is 5.69. The molecule has 2 unspecified atom stereocenters. The molecule has 1 heterocycles. The fourth-order valence-electron chi connectivity index (χ4n) is 2.55. The molecule has 1 aliphatic heterocycles. The van der Waals surface area contributed by atoms with E-state index in [1.807, 2.05) is 11.8 Å². The highest BCUT2D eigenvalue weighted by Gasteiger charge is 2.40. The SMILES string of the molecule is CC1OC(=O)N(C2CCCCC2)C1C. The minimum atomic E-state index is -0.100. The van der Waals surface area contributed by atoms with Gasteiger partial charge < -0.3 is 4.74 Å². The second-order valence-corrected chi connectivity index (χ2v) is 4.53. The van der Waals surface area contributed by atoms with E-state index < -0.39 is 0 Å². The molecule has 2 aliphatic rings. The molecule has 0 radical (unpaired) electrons. The largest absolute Gasteiger partial charge is 0.444 e. The monoisotopic (exact) mass is 197 g/mol. The standard InChI is InChI=1S/C11H19NO2/c1-8-9(2)14-11(13)12(8)10-6-4-3-5-7-10/h8-10H,3-7H2,1-2H3. The molecule has 0 aromatic rings. The molecule has 3 nitrogen and oxygen atoms in total. The average molecular weight is 197 g/mol. The molecule has 14 heavy (non-hydrogen) atoms. The zero-order valence-corrected chi connectivity index (χ0v) is 9.03. The smallest absolute Gasteiger partial charge is 0.410 e. The summed E-state index contributed by atoms with van der Waals surface area (Å²) in [5.74, 6) is 0. The number of ether oxygens (including phenoxy) is 1. The number of nitrogens with zero attached hydrogens (tertiary/aromatic N) is 1. The molecule has 2 atom stereocenters. The minimum absolute atomic E-state index is 0.0597. The maximum absolute atomic E-state index is 11.6. The maximum atomic E-state index is 11.6. The Kier molecular flexibility index (Phi) is 2.66. The summed E-state index contributed by atoms with van der Waals surface area (Å²) < 4.78 is 5.23. The lowest BCUT2D eigenvalue weighted by atomic mass is 9.93. The normalized spacial score (nSPS) is 34.7. The Morgan fingerprint density at radius 1 is 1.21 bits per heavy atom. The van der Waals surface area contributed by atoms with Crippen LogP contribution in [0.25, 0.3) is 0 Å². The zero-order valence-electron chi connectivity index (χ0n) is 9.03. The maximum Gasteiger partial charge on any atom is 0.410 e. The second kappa shape index (κ2) is 3.79. The van der Waals surface area contributed by atoms with Gasteiger partial charge in [-0.15, -0.1) is 0 Å². The first-order chi connectivity index (χ1) is 6.70. The number of carbonyl (C=O) groups excluding carboxylic acids is 1. The van der Waals surface area contributed by atoms with E-state index in [-0.39, 0.29) is 18.2 Å². The molecular weight excluding hydrogens is 178 g/mol. The van der Waals surface area contributed by atoms with E-state index in [0.29, 0.717) is 6.04 Å². The zero-order chi connectivity index (χ0) is 10.1. The van der Waals surface area contributed by atoms with Crippen LogP contribution in [0, 0.1) is 0 Å². The van der Waals surface area contributed by atoms with Gasteiger partial charge in [-0.05, 0) is 26.7 Å². The molecule has 1 amide bonds. The number of hydrogen-bond donors (Lipinski definition) is 0. The molecule has 1 saturated carbocycles. The van der Waals surface area contributed by atoms with E-state index in [1.165, 1.54) is 19.3 Å². The summed E-state index contributed by atoms with van der Waals surface area (Å²) in [5, 5.41) is 0. The molecular formula is C11H19NO2. The first kappa shape index (κ1) is 9.81. The van der Waals surface area contributed by atoms with Gasteiger partial charge in [0.1, 0.15) is 6.10 Å². The fourth-order valence-corrected chi connectivity index (χ4v) is 2.55. The molecule has 1 saturated heterocycles. The highest BCUT2D eigenvalue weighted by Crippen LogP contribution is 2.29. The molecule has 1 aliphatic carbocycles. The van der Waals surface area contributed by atoms with Crippen LogP contribution in [0.3, 0.4) is 0 Å². The molecule has 80 valence electrons. The predicted molar refractivity (Wildman–Crippen MR) is 54.1 cm³/mol. The van der Waals surface area contributed by atoms with Crippen LogP contribution in [0.15, 0.2) is 0 Å². The van der Waals surface area contributed by atoms with Crippen LogP contribution < -0.4 is 0 Å². The highest BCUT2D eigenvalue weighted by atomic mass is 16.6. The first-order valence-corrected chi connectivity index (χ1v) is 5.69. The number of amides is 1. The van der Waals surface area contributed by atoms with Crippen LogP contribution in [0.2, 0.25) is 0 Å². The number of cyclic esters (lactones) is 1. The summed E-state index contributed by atoms with van der Waals surface area (Å²) in [5.41, 5.74) is 0. The Balaban J connectivity index is 2.04. The molecule has 2 fully saturated rings. The quantitative estimate of drug-likeness (QED) is 0.646. The van der Waals surface area contributed by atoms with Crippen molar-refractivity contribution in [3.63, 3.8) is 0 Å². The van der Waals surface area contributed by atoms with E-state index >= 15 is 0 Å². The molecule has 0 bridgehead atoms. The minimum Gasteiger partial charge on any atom is -0.444 e. The van der Waals surface area contributed by atoms with E-state index in [9.17, 15) is 4.79 Å². The summed E-state index contributed by atoms with van der Waals surface area (Å²) in [4.78, 5) is 13.6. The van der Waals surface area contributed by atoms with Gasteiger partial charge in [0, 0.05) is 6.04 Å². The Hall–Kier alpha value is -0.730. The van der Waals surface area contributed by atoms with Gasteiger partial charge in [0.05, 0.1) is 6.04 Å². The third kappa shape index (κ3) is 1.60. The van der Waals surface area contributed by atoms with Crippen LogP contribution in [0.1, 0.15) is 46.0 Å². The second-order valence-electron chi connectivity index (χ2n) is 4.53. The topological polar surface area (TPSA) is 29.5 Å². The van der Waals surface area contributed by atoms with E-state index in [1.54, 1.807) is 0 Å². The lowest BCUT2D eigenvalue weighted by molar-refractivity contribution is 0.127. The van der Waals surface area contributed by atoms with E-state index in [2.05, 4.69) is 6.92 Å². The molecule has 2 rings (SSSR count). The summed E-state index contributed by atoms with van der Waals surface area (Å²) in [7, 11) is 0. The third-order valence-corrected chi connectivity index (χ3v) is 3.58. The lowest BCUT2D eigenvalue weighted by Gasteiger charge is -2.32.